The average molecular weight is 317 g/mol. The van der Waals surface area contributed by atoms with Crippen molar-refractivity contribution in [1.82, 2.24) is 5.32 Å². The molecular weight excluding hydrogens is 302 g/mol. The van der Waals surface area contributed by atoms with Gasteiger partial charge in [-0.25, -0.2) is 0 Å². The number of nitrogens with one attached hydrogen (secondary N) is 1. The molecule has 118 valence electrons. The van der Waals surface area contributed by atoms with Crippen LogP contribution < -0.4 is 10.1 Å². The van der Waals surface area contributed by atoms with Gasteiger partial charge in [0.15, 0.2) is 6.61 Å². The van der Waals surface area contributed by atoms with Gasteiger partial charge in [0.05, 0.1) is 0 Å². The topological polar surface area (TPSA) is 85.9 Å². The van der Waals surface area contributed by atoms with Crippen LogP contribution in [0.25, 0.3) is 6.08 Å². The highest BCUT2D eigenvalue weighted by Crippen LogP contribution is 2.14. The van der Waals surface area contributed by atoms with Crippen LogP contribution in [-0.4, -0.2) is 12.5 Å². The zero-order valence-electron chi connectivity index (χ0n) is 12.9. The van der Waals surface area contributed by atoms with Gasteiger partial charge >= 0.3 is 0 Å². The third kappa shape index (κ3) is 5.01. The van der Waals surface area contributed by atoms with Gasteiger partial charge in [0.25, 0.3) is 5.91 Å². The van der Waals surface area contributed by atoms with Crippen LogP contribution in [0.3, 0.4) is 0 Å². The van der Waals surface area contributed by atoms with E-state index in [9.17, 15) is 10.1 Å². The summed E-state index contributed by atoms with van der Waals surface area (Å²) in [6.45, 7) is 0.333. The molecule has 0 heterocycles. The van der Waals surface area contributed by atoms with Gasteiger partial charge in [-0.2, -0.15) is 10.5 Å². The quantitative estimate of drug-likeness (QED) is 0.655. The first-order chi connectivity index (χ1) is 11.7. The third-order valence-corrected chi connectivity index (χ3v) is 3.16. The zero-order valence-corrected chi connectivity index (χ0v) is 12.9. The van der Waals surface area contributed by atoms with Crippen LogP contribution in [0.4, 0.5) is 0 Å². The predicted octanol–water partition coefficient (Wildman–Crippen LogP) is 2.81. The lowest BCUT2D eigenvalue weighted by Gasteiger charge is -2.05. The van der Waals surface area contributed by atoms with Gasteiger partial charge in [0.1, 0.15) is 23.5 Å². The summed E-state index contributed by atoms with van der Waals surface area (Å²) in [6.07, 6.45) is 1.51. The molecule has 5 heteroatoms. The molecule has 2 aromatic carbocycles. The van der Waals surface area contributed by atoms with Crippen LogP contribution in [0.15, 0.2) is 60.2 Å². The minimum absolute atomic E-state index is 0.0247. The first-order valence-electron chi connectivity index (χ1n) is 7.26. The number of amides is 1. The normalized spacial score (nSPS) is 10.3. The summed E-state index contributed by atoms with van der Waals surface area (Å²) in [7, 11) is 0. The monoisotopic (exact) mass is 317 g/mol. The molecule has 0 bridgehead atoms. The molecule has 24 heavy (non-hydrogen) atoms. The maximum absolute atomic E-state index is 12.1. The number of rotatable bonds is 6. The molecule has 0 aliphatic rings. The van der Waals surface area contributed by atoms with Crippen molar-refractivity contribution < 1.29 is 9.53 Å². The van der Waals surface area contributed by atoms with Gasteiger partial charge in [0.2, 0.25) is 0 Å². The number of nitriles is 2. The molecule has 5 nitrogen and oxygen atoms in total. The molecule has 1 amide bonds. The van der Waals surface area contributed by atoms with Crippen LogP contribution in [0, 0.1) is 22.7 Å². The fourth-order valence-corrected chi connectivity index (χ4v) is 1.96. The molecule has 0 unspecified atom stereocenters. The van der Waals surface area contributed by atoms with Crippen molar-refractivity contribution in [1.29, 1.82) is 10.5 Å². The summed E-state index contributed by atoms with van der Waals surface area (Å²) >= 11 is 0. The molecule has 0 atom stereocenters. The van der Waals surface area contributed by atoms with E-state index in [2.05, 4.69) is 5.32 Å². The second kappa shape index (κ2) is 8.77. The minimum Gasteiger partial charge on any atom is -0.479 e. The molecule has 0 fully saturated rings. The van der Waals surface area contributed by atoms with E-state index in [0.29, 0.717) is 17.9 Å². The number of carbonyl (C=O) groups excluding carboxylic acids is 1. The Morgan fingerprint density at radius 1 is 1.08 bits per heavy atom. The minimum atomic E-state index is -0.425. The number of ether oxygens (including phenoxy) is 1. The van der Waals surface area contributed by atoms with Crippen molar-refractivity contribution in [2.24, 2.45) is 0 Å². The van der Waals surface area contributed by atoms with Crippen LogP contribution >= 0.6 is 0 Å². The highest BCUT2D eigenvalue weighted by molar-refractivity contribution is 6.01. The molecule has 0 aliphatic carbocycles. The summed E-state index contributed by atoms with van der Waals surface area (Å²) in [5.74, 6) is 0.131. The number of benzene rings is 2. The highest BCUT2D eigenvalue weighted by Gasteiger charge is 2.08. The van der Waals surface area contributed by atoms with Gasteiger partial charge < -0.3 is 10.1 Å². The van der Waals surface area contributed by atoms with Gasteiger partial charge in [-0.3, -0.25) is 4.79 Å². The lowest BCUT2D eigenvalue weighted by atomic mass is 10.1. The second-order valence-corrected chi connectivity index (χ2v) is 4.85. The van der Waals surface area contributed by atoms with Gasteiger partial charge in [-0.1, -0.05) is 42.5 Å². The Morgan fingerprint density at radius 3 is 2.42 bits per heavy atom. The van der Waals surface area contributed by atoms with E-state index in [1.54, 1.807) is 24.3 Å². The Balaban J connectivity index is 2.01. The molecule has 0 saturated carbocycles. The number of hydrogen-bond acceptors (Lipinski definition) is 4. The third-order valence-electron chi connectivity index (χ3n) is 3.16. The van der Waals surface area contributed by atoms with E-state index < -0.39 is 5.91 Å². The average Bonchev–Trinajstić information content (AvgIpc) is 2.64. The Hall–Kier alpha value is -3.57. The lowest BCUT2D eigenvalue weighted by Crippen LogP contribution is -2.23. The molecule has 0 aliphatic heterocycles. The van der Waals surface area contributed by atoms with Gasteiger partial charge in [0, 0.05) is 6.54 Å². The Labute approximate surface area is 140 Å². The van der Waals surface area contributed by atoms with Crippen molar-refractivity contribution in [3.05, 3.63) is 71.3 Å². The van der Waals surface area contributed by atoms with Crippen molar-refractivity contribution in [2.75, 3.05) is 6.61 Å². The SMILES string of the molecule is N#CCOc1ccc(/C=C(\C#N)C(=O)NCc2ccccc2)cc1. The number of nitrogens with zero attached hydrogens (tertiary/aromatic N) is 2. The Morgan fingerprint density at radius 2 is 1.79 bits per heavy atom. The predicted molar refractivity (Wildman–Crippen MR) is 89.4 cm³/mol. The Bertz CT molecular complexity index is 797. The number of carbonyl (C=O) groups is 1. The maximum Gasteiger partial charge on any atom is 0.262 e. The molecule has 2 rings (SSSR count). The molecule has 2 aromatic rings. The van der Waals surface area contributed by atoms with Crippen molar-refractivity contribution in [3.8, 4) is 17.9 Å². The first kappa shape index (κ1) is 16.8. The maximum atomic E-state index is 12.1. The van der Waals surface area contributed by atoms with E-state index in [0.717, 1.165) is 5.56 Å². The second-order valence-electron chi connectivity index (χ2n) is 4.85. The van der Waals surface area contributed by atoms with Gasteiger partial charge in [-0.15, -0.1) is 0 Å². The Kier molecular flexibility index (Phi) is 6.14. The lowest BCUT2D eigenvalue weighted by molar-refractivity contribution is -0.117. The zero-order chi connectivity index (χ0) is 17.2. The van der Waals surface area contributed by atoms with Crippen molar-refractivity contribution >= 4 is 12.0 Å². The van der Waals surface area contributed by atoms with Crippen molar-refractivity contribution in [2.45, 2.75) is 6.54 Å². The van der Waals surface area contributed by atoms with Gasteiger partial charge in [-0.05, 0) is 29.3 Å². The smallest absolute Gasteiger partial charge is 0.262 e. The molecule has 1 N–H and O–H groups in total. The first-order valence-corrected chi connectivity index (χ1v) is 7.26. The van der Waals surface area contributed by atoms with Crippen molar-refractivity contribution in [3.63, 3.8) is 0 Å². The van der Waals surface area contributed by atoms with Crippen LogP contribution in [-0.2, 0) is 11.3 Å². The molecule has 0 radical (unpaired) electrons. The fourth-order valence-electron chi connectivity index (χ4n) is 1.96. The van der Waals surface area contributed by atoms with E-state index in [1.807, 2.05) is 42.5 Å². The van der Waals surface area contributed by atoms with E-state index >= 15 is 0 Å². The molecule has 0 spiro atoms. The summed E-state index contributed by atoms with van der Waals surface area (Å²) in [4.78, 5) is 12.1. The van der Waals surface area contributed by atoms with E-state index in [1.165, 1.54) is 6.08 Å². The summed E-state index contributed by atoms with van der Waals surface area (Å²) in [6, 6.07) is 20.1. The standard InChI is InChI=1S/C19H15N3O2/c20-10-11-24-18-8-6-15(7-9-18)12-17(13-21)19(23)22-14-16-4-2-1-3-5-16/h1-9,12H,11,14H2,(H,22,23)/b17-12+. The fraction of sp³-hybridized carbons (Fsp3) is 0.105. The van der Waals surface area contributed by atoms with Crippen LogP contribution in [0.2, 0.25) is 0 Å². The van der Waals surface area contributed by atoms with E-state index in [4.69, 9.17) is 10.00 Å². The summed E-state index contributed by atoms with van der Waals surface area (Å²) in [5, 5.41) is 20.4. The molecular formula is C19H15N3O2. The summed E-state index contributed by atoms with van der Waals surface area (Å²) in [5.41, 5.74) is 1.68. The van der Waals surface area contributed by atoms with Crippen LogP contribution in [0.1, 0.15) is 11.1 Å². The van der Waals surface area contributed by atoms with E-state index in [-0.39, 0.29) is 12.2 Å². The number of hydrogen-bond donors (Lipinski definition) is 1. The van der Waals surface area contributed by atoms with Crippen LogP contribution in [0.5, 0.6) is 5.75 Å². The largest absolute Gasteiger partial charge is 0.479 e. The highest BCUT2D eigenvalue weighted by atomic mass is 16.5. The summed E-state index contributed by atoms with van der Waals surface area (Å²) < 4.78 is 5.15. The molecule has 0 saturated heterocycles. The molecule has 0 aromatic heterocycles.